The summed E-state index contributed by atoms with van der Waals surface area (Å²) in [6.45, 7) is -0.111. The van der Waals surface area contributed by atoms with Gasteiger partial charge < -0.3 is 23.7 Å². The van der Waals surface area contributed by atoms with Gasteiger partial charge in [-0.1, -0.05) is 36.4 Å². The second kappa shape index (κ2) is 9.45. The van der Waals surface area contributed by atoms with E-state index in [2.05, 4.69) is 0 Å². The maximum atomic E-state index is 12.5. The van der Waals surface area contributed by atoms with Gasteiger partial charge in [-0.05, 0) is 24.3 Å². The highest BCUT2D eigenvalue weighted by Gasteiger charge is 2.48. The first-order valence-corrected chi connectivity index (χ1v) is 8.83. The van der Waals surface area contributed by atoms with Gasteiger partial charge in [-0.15, -0.1) is 0 Å². The van der Waals surface area contributed by atoms with E-state index in [-0.39, 0.29) is 6.61 Å². The van der Waals surface area contributed by atoms with Crippen LogP contribution < -0.4 is 0 Å². The average molecular weight is 386 g/mol. The van der Waals surface area contributed by atoms with Gasteiger partial charge in [0.15, 0.2) is 12.4 Å². The fraction of sp³-hybridized carbons (Fsp3) is 0.333. The molecule has 1 saturated heterocycles. The summed E-state index contributed by atoms with van der Waals surface area (Å²) in [5, 5.41) is 0. The van der Waals surface area contributed by atoms with Crippen molar-refractivity contribution >= 4 is 11.9 Å². The van der Waals surface area contributed by atoms with Gasteiger partial charge in [0.25, 0.3) is 0 Å². The van der Waals surface area contributed by atoms with E-state index in [9.17, 15) is 9.59 Å². The summed E-state index contributed by atoms with van der Waals surface area (Å²) in [6, 6.07) is 17.2. The Balaban J connectivity index is 1.70. The molecule has 1 aliphatic rings. The average Bonchev–Trinajstić information content (AvgIpc) is 3.09. The molecule has 2 aromatic carbocycles. The lowest BCUT2D eigenvalue weighted by Gasteiger charge is -2.22. The predicted molar refractivity (Wildman–Crippen MR) is 98.8 cm³/mol. The largest absolute Gasteiger partial charge is 0.459 e. The van der Waals surface area contributed by atoms with Crippen molar-refractivity contribution in [2.45, 2.75) is 24.6 Å². The van der Waals surface area contributed by atoms with Crippen molar-refractivity contribution in [1.29, 1.82) is 0 Å². The second-order valence-corrected chi connectivity index (χ2v) is 6.18. The van der Waals surface area contributed by atoms with Gasteiger partial charge in [-0.25, -0.2) is 9.59 Å². The Labute approximate surface area is 163 Å². The summed E-state index contributed by atoms with van der Waals surface area (Å²) in [5.74, 6) is -1.01. The fourth-order valence-electron chi connectivity index (χ4n) is 2.99. The molecule has 0 amide bonds. The van der Waals surface area contributed by atoms with E-state index in [1.807, 2.05) is 6.07 Å². The first-order valence-electron chi connectivity index (χ1n) is 8.83. The lowest BCUT2D eigenvalue weighted by molar-refractivity contribution is -0.159. The van der Waals surface area contributed by atoms with Crippen LogP contribution in [0.1, 0.15) is 20.7 Å². The van der Waals surface area contributed by atoms with Crippen LogP contribution in [-0.2, 0) is 23.7 Å². The van der Waals surface area contributed by atoms with Gasteiger partial charge in [-0.2, -0.15) is 0 Å². The first-order chi connectivity index (χ1) is 13.6. The number of methoxy groups -OCH3 is 2. The smallest absolute Gasteiger partial charge is 0.338 e. The van der Waals surface area contributed by atoms with E-state index in [1.54, 1.807) is 54.6 Å². The number of esters is 2. The van der Waals surface area contributed by atoms with Crippen LogP contribution in [0.2, 0.25) is 0 Å². The van der Waals surface area contributed by atoms with Crippen LogP contribution in [0.4, 0.5) is 0 Å². The number of benzene rings is 2. The Morgan fingerprint density at radius 3 is 1.93 bits per heavy atom. The summed E-state index contributed by atoms with van der Waals surface area (Å²) >= 11 is 0. The number of ether oxygens (including phenoxy) is 5. The maximum absolute atomic E-state index is 12.5. The second-order valence-electron chi connectivity index (χ2n) is 6.18. The third-order valence-electron chi connectivity index (χ3n) is 4.41. The summed E-state index contributed by atoms with van der Waals surface area (Å²) in [7, 11) is 2.94. The zero-order valence-corrected chi connectivity index (χ0v) is 15.6. The van der Waals surface area contributed by atoms with Crippen molar-refractivity contribution < 1.29 is 33.3 Å². The van der Waals surface area contributed by atoms with Gasteiger partial charge in [0, 0.05) is 14.2 Å². The Kier molecular flexibility index (Phi) is 6.76. The van der Waals surface area contributed by atoms with E-state index >= 15 is 0 Å². The number of hydrogen-bond donors (Lipinski definition) is 0. The number of hydrogen-bond acceptors (Lipinski definition) is 7. The van der Waals surface area contributed by atoms with Gasteiger partial charge in [0.05, 0.1) is 11.1 Å². The summed E-state index contributed by atoms with van der Waals surface area (Å²) in [6.07, 6.45) is -2.93. The van der Waals surface area contributed by atoms with Gasteiger partial charge in [0.1, 0.15) is 18.8 Å². The van der Waals surface area contributed by atoms with Crippen LogP contribution in [0.25, 0.3) is 0 Å². The molecular formula is C21H22O7. The molecule has 1 unspecified atom stereocenters. The zero-order valence-electron chi connectivity index (χ0n) is 15.6. The van der Waals surface area contributed by atoms with Crippen LogP contribution in [-0.4, -0.2) is 57.4 Å². The summed E-state index contributed by atoms with van der Waals surface area (Å²) in [5.41, 5.74) is 0.822. The highest BCUT2D eigenvalue weighted by Crippen LogP contribution is 2.28. The van der Waals surface area contributed by atoms with E-state index < -0.39 is 36.5 Å². The maximum Gasteiger partial charge on any atom is 0.338 e. The highest BCUT2D eigenvalue weighted by molar-refractivity contribution is 5.90. The molecule has 0 saturated carbocycles. The van der Waals surface area contributed by atoms with Gasteiger partial charge in [0.2, 0.25) is 0 Å². The standard InChI is InChI=1S/C21H22O7/c1-24-18-17(28-20(23)15-11-7-4-8-12-15)16(27-21(18)25-2)13-26-19(22)14-9-5-3-6-10-14/h3-12,16-18,21H,13H2,1-2H3/t16-,17+,18?,21+/m1/s1. The highest BCUT2D eigenvalue weighted by atomic mass is 16.7. The van der Waals surface area contributed by atoms with Gasteiger partial charge in [-0.3, -0.25) is 0 Å². The predicted octanol–water partition coefficient (Wildman–Crippen LogP) is 2.46. The number of rotatable bonds is 7. The molecule has 3 rings (SSSR count). The molecule has 0 radical (unpaired) electrons. The lowest BCUT2D eigenvalue weighted by Crippen LogP contribution is -2.40. The molecule has 0 spiro atoms. The number of carbonyl (C=O) groups excluding carboxylic acids is 2. The van der Waals surface area contributed by atoms with Crippen LogP contribution in [0.3, 0.4) is 0 Å². The van der Waals surface area contributed by atoms with Crippen molar-refractivity contribution in [3.8, 4) is 0 Å². The number of carbonyl (C=O) groups is 2. The minimum atomic E-state index is -0.800. The molecule has 148 valence electrons. The molecule has 1 aliphatic heterocycles. The molecule has 0 aliphatic carbocycles. The monoisotopic (exact) mass is 386 g/mol. The van der Waals surface area contributed by atoms with E-state index in [1.165, 1.54) is 14.2 Å². The van der Waals surface area contributed by atoms with Crippen molar-refractivity contribution in [2.24, 2.45) is 0 Å². The molecule has 7 heteroatoms. The molecule has 7 nitrogen and oxygen atoms in total. The molecule has 28 heavy (non-hydrogen) atoms. The topological polar surface area (TPSA) is 80.3 Å². The van der Waals surface area contributed by atoms with Crippen molar-refractivity contribution in [1.82, 2.24) is 0 Å². The quantitative estimate of drug-likeness (QED) is 0.676. The third-order valence-corrected chi connectivity index (χ3v) is 4.41. The normalized spacial score (nSPS) is 23.9. The Bertz CT molecular complexity index is 778. The Morgan fingerprint density at radius 2 is 1.39 bits per heavy atom. The van der Waals surface area contributed by atoms with E-state index in [0.717, 1.165) is 0 Å². The minimum Gasteiger partial charge on any atom is -0.459 e. The first kappa shape index (κ1) is 20.0. The molecule has 4 atom stereocenters. The molecule has 0 bridgehead atoms. The summed E-state index contributed by atoms with van der Waals surface area (Å²) < 4.78 is 27.4. The minimum absolute atomic E-state index is 0.111. The van der Waals surface area contributed by atoms with Crippen molar-refractivity contribution in [3.05, 3.63) is 71.8 Å². The van der Waals surface area contributed by atoms with Crippen molar-refractivity contribution in [3.63, 3.8) is 0 Å². The van der Waals surface area contributed by atoms with E-state index in [0.29, 0.717) is 11.1 Å². The van der Waals surface area contributed by atoms with Crippen LogP contribution >= 0.6 is 0 Å². The molecular weight excluding hydrogens is 364 g/mol. The SMILES string of the molecule is COC1[C@@H](OC)O[C@H](COC(=O)c2ccccc2)[C@@H]1OC(=O)c1ccccc1. The molecule has 1 heterocycles. The van der Waals surface area contributed by atoms with Crippen LogP contribution in [0.5, 0.6) is 0 Å². The molecule has 2 aromatic rings. The zero-order chi connectivity index (χ0) is 19.9. The molecule has 0 aromatic heterocycles. The third kappa shape index (κ3) is 4.56. The fourth-order valence-corrected chi connectivity index (χ4v) is 2.99. The van der Waals surface area contributed by atoms with E-state index in [4.69, 9.17) is 23.7 Å². The molecule has 0 N–H and O–H groups in total. The van der Waals surface area contributed by atoms with Crippen molar-refractivity contribution in [2.75, 3.05) is 20.8 Å². The molecule has 1 fully saturated rings. The summed E-state index contributed by atoms with van der Waals surface area (Å²) in [4.78, 5) is 24.7. The Morgan fingerprint density at radius 1 is 0.821 bits per heavy atom. The van der Waals surface area contributed by atoms with Crippen LogP contribution in [0, 0.1) is 0 Å². The van der Waals surface area contributed by atoms with Crippen LogP contribution in [0.15, 0.2) is 60.7 Å². The lowest BCUT2D eigenvalue weighted by atomic mass is 10.1. The van der Waals surface area contributed by atoms with Gasteiger partial charge >= 0.3 is 11.9 Å². The Hall–Kier alpha value is -2.74.